The number of nitrogens with zero attached hydrogens (tertiary/aromatic N) is 1. The molecule has 40 heavy (non-hydrogen) atoms. The number of aromatic nitrogens is 1. The summed E-state index contributed by atoms with van der Waals surface area (Å²) in [6, 6.07) is 8.99. The fourth-order valence-electron chi connectivity index (χ4n) is 5.03. The number of pyridine rings is 1. The van der Waals surface area contributed by atoms with E-state index in [2.05, 4.69) is 5.32 Å². The minimum Gasteiger partial charge on any atom is -0.490 e. The average molecular weight is 573 g/mol. The Bertz CT molecular complexity index is 1570. The van der Waals surface area contributed by atoms with Crippen molar-refractivity contribution in [3.8, 4) is 28.4 Å². The standard InChI is InChI=1S/C29H33FN2O7S/c1-17-11-20(30)12-18(2)28(17)39-25-10-5-19(16-40(4,36)37)13-23(25)24-15-32(3)27(33)14-26(24)38-22-8-6-21(7-9-22)31-29(34)35/h5,10-15,21-22,31H,6-9,16H2,1-4H3,(H,34,35)/t21-,22-. The van der Waals surface area contributed by atoms with E-state index in [1.807, 2.05) is 0 Å². The maximum absolute atomic E-state index is 14.0. The number of aryl methyl sites for hydroxylation is 3. The van der Waals surface area contributed by atoms with Crippen molar-refractivity contribution in [3.05, 3.63) is 75.5 Å². The number of hydrogen-bond acceptors (Lipinski definition) is 6. The molecule has 0 bridgehead atoms. The number of hydrogen-bond donors (Lipinski definition) is 2. The molecule has 3 aromatic rings. The second-order valence-electron chi connectivity index (χ2n) is 10.4. The van der Waals surface area contributed by atoms with Gasteiger partial charge in [0.2, 0.25) is 0 Å². The van der Waals surface area contributed by atoms with Crippen LogP contribution in [-0.2, 0) is 22.6 Å². The first-order chi connectivity index (χ1) is 18.8. The molecule has 0 aliphatic heterocycles. The molecule has 9 nitrogen and oxygen atoms in total. The van der Waals surface area contributed by atoms with Crippen LogP contribution >= 0.6 is 0 Å². The second kappa shape index (κ2) is 11.7. The highest BCUT2D eigenvalue weighted by atomic mass is 32.2. The lowest BCUT2D eigenvalue weighted by molar-refractivity contribution is 0.134. The SMILES string of the molecule is Cc1cc(F)cc(C)c1Oc1ccc(CS(C)(=O)=O)cc1-c1cn(C)c(=O)cc1O[C@H]1CC[C@H](NC(=O)O)CC1. The molecule has 1 aliphatic rings. The van der Waals surface area contributed by atoms with Gasteiger partial charge in [-0.05, 0) is 80.5 Å². The Labute approximate surface area is 232 Å². The van der Waals surface area contributed by atoms with Crippen LogP contribution in [-0.4, -0.2) is 42.6 Å². The van der Waals surface area contributed by atoms with Crippen LogP contribution in [0.5, 0.6) is 17.2 Å². The van der Waals surface area contributed by atoms with E-state index in [1.165, 1.54) is 22.8 Å². The molecular formula is C29H33FN2O7S. The van der Waals surface area contributed by atoms with Crippen molar-refractivity contribution in [2.24, 2.45) is 7.05 Å². The first-order valence-electron chi connectivity index (χ1n) is 12.9. The lowest BCUT2D eigenvalue weighted by Gasteiger charge is -2.29. The van der Waals surface area contributed by atoms with Crippen LogP contribution in [0.15, 0.2) is 47.4 Å². The fraction of sp³-hybridized carbons (Fsp3) is 0.379. The number of nitrogens with one attached hydrogen (secondary N) is 1. The molecule has 214 valence electrons. The lowest BCUT2D eigenvalue weighted by Crippen LogP contribution is -2.39. The quantitative estimate of drug-likeness (QED) is 0.385. The number of ether oxygens (including phenoxy) is 2. The summed E-state index contributed by atoms with van der Waals surface area (Å²) in [7, 11) is -1.74. The minimum atomic E-state index is -3.34. The molecule has 0 atom stereocenters. The number of sulfone groups is 1. The first-order valence-corrected chi connectivity index (χ1v) is 15.0. The fourth-order valence-corrected chi connectivity index (χ4v) is 5.81. The molecule has 1 saturated carbocycles. The third-order valence-corrected chi connectivity index (χ3v) is 7.74. The average Bonchev–Trinajstić information content (AvgIpc) is 2.84. The van der Waals surface area contributed by atoms with E-state index in [0.29, 0.717) is 70.7 Å². The summed E-state index contributed by atoms with van der Waals surface area (Å²) in [4.78, 5) is 23.7. The Balaban J connectivity index is 1.77. The van der Waals surface area contributed by atoms with E-state index in [1.54, 1.807) is 45.3 Å². The minimum absolute atomic E-state index is 0.157. The Morgan fingerprint density at radius 2 is 1.70 bits per heavy atom. The van der Waals surface area contributed by atoms with Gasteiger partial charge in [0.15, 0.2) is 9.84 Å². The molecule has 0 saturated heterocycles. The summed E-state index contributed by atoms with van der Waals surface area (Å²) >= 11 is 0. The number of amides is 1. The van der Waals surface area contributed by atoms with Crippen LogP contribution < -0.4 is 20.3 Å². The van der Waals surface area contributed by atoms with Crippen LogP contribution in [0, 0.1) is 19.7 Å². The summed E-state index contributed by atoms with van der Waals surface area (Å²) in [6.45, 7) is 3.47. The van der Waals surface area contributed by atoms with Gasteiger partial charge in [-0.15, -0.1) is 0 Å². The molecule has 1 fully saturated rings. The normalized spacial score (nSPS) is 17.3. The van der Waals surface area contributed by atoms with Crippen molar-refractivity contribution in [1.29, 1.82) is 0 Å². The second-order valence-corrected chi connectivity index (χ2v) is 12.6. The molecule has 4 rings (SSSR count). The highest BCUT2D eigenvalue weighted by Crippen LogP contribution is 2.41. The van der Waals surface area contributed by atoms with Crippen LogP contribution in [0.3, 0.4) is 0 Å². The molecule has 0 radical (unpaired) electrons. The molecule has 1 amide bonds. The molecule has 2 N–H and O–H groups in total. The van der Waals surface area contributed by atoms with E-state index in [0.717, 1.165) is 6.26 Å². The zero-order chi connectivity index (χ0) is 29.2. The smallest absolute Gasteiger partial charge is 0.404 e. The zero-order valence-corrected chi connectivity index (χ0v) is 23.7. The van der Waals surface area contributed by atoms with Crippen LogP contribution in [0.25, 0.3) is 11.1 Å². The van der Waals surface area contributed by atoms with Crippen LogP contribution in [0.1, 0.15) is 42.4 Å². The molecule has 1 aromatic heterocycles. The van der Waals surface area contributed by atoms with Gasteiger partial charge in [0.25, 0.3) is 5.56 Å². The Kier molecular flexibility index (Phi) is 8.53. The van der Waals surface area contributed by atoms with Crippen LogP contribution in [0.2, 0.25) is 0 Å². The summed E-state index contributed by atoms with van der Waals surface area (Å²) < 4.78 is 52.2. The predicted octanol–water partition coefficient (Wildman–Crippen LogP) is 5.10. The third kappa shape index (κ3) is 7.20. The molecular weight excluding hydrogens is 539 g/mol. The number of carbonyl (C=O) groups is 1. The predicted molar refractivity (Wildman–Crippen MR) is 149 cm³/mol. The Morgan fingerprint density at radius 3 is 2.30 bits per heavy atom. The van der Waals surface area contributed by atoms with Gasteiger partial charge in [-0.2, -0.15) is 0 Å². The van der Waals surface area contributed by atoms with Crippen molar-refractivity contribution in [3.63, 3.8) is 0 Å². The number of rotatable bonds is 8. The van der Waals surface area contributed by atoms with Crippen molar-refractivity contribution >= 4 is 15.9 Å². The Hall–Kier alpha value is -3.86. The van der Waals surface area contributed by atoms with Gasteiger partial charge in [0, 0.05) is 42.7 Å². The van der Waals surface area contributed by atoms with E-state index >= 15 is 0 Å². The molecule has 1 aliphatic carbocycles. The van der Waals surface area contributed by atoms with Gasteiger partial charge in [0.05, 0.1) is 11.9 Å². The van der Waals surface area contributed by atoms with Gasteiger partial charge in [-0.25, -0.2) is 17.6 Å². The summed E-state index contributed by atoms with van der Waals surface area (Å²) in [5.74, 6) is 0.583. The van der Waals surface area contributed by atoms with Crippen molar-refractivity contribution in [1.82, 2.24) is 9.88 Å². The Morgan fingerprint density at radius 1 is 1.05 bits per heavy atom. The molecule has 0 spiro atoms. The first kappa shape index (κ1) is 29.1. The monoisotopic (exact) mass is 572 g/mol. The topological polar surface area (TPSA) is 124 Å². The highest BCUT2D eigenvalue weighted by molar-refractivity contribution is 7.89. The van der Waals surface area contributed by atoms with Crippen LogP contribution in [0.4, 0.5) is 9.18 Å². The molecule has 0 unspecified atom stereocenters. The van der Waals surface area contributed by atoms with E-state index in [9.17, 15) is 22.4 Å². The van der Waals surface area contributed by atoms with Crippen molar-refractivity contribution in [2.45, 2.75) is 57.4 Å². The summed E-state index contributed by atoms with van der Waals surface area (Å²) in [5.41, 5.74) is 2.45. The van der Waals surface area contributed by atoms with Crippen molar-refractivity contribution in [2.75, 3.05) is 6.26 Å². The third-order valence-electron chi connectivity index (χ3n) is 6.89. The van der Waals surface area contributed by atoms with Gasteiger partial charge < -0.3 is 24.5 Å². The highest BCUT2D eigenvalue weighted by Gasteiger charge is 2.26. The molecule has 1 heterocycles. The van der Waals surface area contributed by atoms with E-state index in [4.69, 9.17) is 14.6 Å². The summed E-state index contributed by atoms with van der Waals surface area (Å²) in [5, 5.41) is 11.5. The maximum Gasteiger partial charge on any atom is 0.404 e. The molecule has 2 aromatic carbocycles. The number of benzene rings is 2. The maximum atomic E-state index is 14.0. The molecule has 11 heteroatoms. The van der Waals surface area contributed by atoms with Gasteiger partial charge in [-0.3, -0.25) is 4.79 Å². The van der Waals surface area contributed by atoms with E-state index < -0.39 is 15.9 Å². The zero-order valence-electron chi connectivity index (χ0n) is 22.9. The van der Waals surface area contributed by atoms with Gasteiger partial charge in [0.1, 0.15) is 23.1 Å². The van der Waals surface area contributed by atoms with E-state index in [-0.39, 0.29) is 29.3 Å². The van der Waals surface area contributed by atoms with Crippen molar-refractivity contribution < 1.29 is 32.2 Å². The lowest BCUT2D eigenvalue weighted by atomic mass is 9.93. The number of carboxylic acid groups (broad SMARTS) is 1. The summed E-state index contributed by atoms with van der Waals surface area (Å²) in [6.07, 6.45) is 3.83. The van der Waals surface area contributed by atoms with Gasteiger partial charge in [-0.1, -0.05) is 6.07 Å². The number of halogens is 1. The van der Waals surface area contributed by atoms with Gasteiger partial charge >= 0.3 is 6.09 Å². The largest absolute Gasteiger partial charge is 0.490 e.